The Hall–Kier alpha value is -3.28. The molecule has 0 radical (unpaired) electrons. The molecule has 0 saturated heterocycles. The number of nitrogens with zero attached hydrogens (tertiary/aromatic N) is 1. The van der Waals surface area contributed by atoms with Gasteiger partial charge in [0.25, 0.3) is 5.79 Å². The minimum atomic E-state index is -0.523. The second-order valence-corrected chi connectivity index (χ2v) is 8.12. The Morgan fingerprint density at radius 3 is 2.67 bits per heavy atom. The van der Waals surface area contributed by atoms with Gasteiger partial charge in [-0.25, -0.2) is 0 Å². The Bertz CT molecular complexity index is 1040. The summed E-state index contributed by atoms with van der Waals surface area (Å²) in [5, 5.41) is 2.95. The standard InChI is InChI=1S/C24H24N2O4/c1-16(27)26-13-10-17-6-2-3-7-19(17)20(26)15-23(28)25-18-8-9-21-22(14-18)30-24(29-21)11-4-5-12-24/h2-3,6-10,13-14,20H,4-5,11-12,15H2,1H3,(H,25,28). The highest BCUT2D eigenvalue weighted by Crippen LogP contribution is 2.47. The molecular formula is C24H24N2O4. The summed E-state index contributed by atoms with van der Waals surface area (Å²) >= 11 is 0. The molecule has 154 valence electrons. The van der Waals surface area contributed by atoms with Crippen molar-refractivity contribution in [1.29, 1.82) is 0 Å². The third-order valence-corrected chi connectivity index (χ3v) is 6.03. The van der Waals surface area contributed by atoms with Crippen molar-refractivity contribution in [3.63, 3.8) is 0 Å². The molecule has 1 atom stereocenters. The zero-order valence-electron chi connectivity index (χ0n) is 16.9. The third kappa shape index (κ3) is 3.32. The maximum absolute atomic E-state index is 12.9. The fourth-order valence-electron chi connectivity index (χ4n) is 4.59. The molecule has 6 nitrogen and oxygen atoms in total. The number of nitrogens with one attached hydrogen (secondary N) is 1. The lowest BCUT2D eigenvalue weighted by molar-refractivity contribution is -0.129. The summed E-state index contributed by atoms with van der Waals surface area (Å²) in [5.74, 6) is 0.620. The van der Waals surface area contributed by atoms with Gasteiger partial charge in [-0.2, -0.15) is 0 Å². The van der Waals surface area contributed by atoms with Crippen molar-refractivity contribution >= 4 is 23.6 Å². The smallest absolute Gasteiger partial charge is 0.251 e. The van der Waals surface area contributed by atoms with E-state index in [9.17, 15) is 9.59 Å². The first-order valence-corrected chi connectivity index (χ1v) is 10.4. The molecule has 2 amide bonds. The molecule has 1 saturated carbocycles. The molecule has 1 N–H and O–H groups in total. The lowest BCUT2D eigenvalue weighted by Crippen LogP contribution is -2.34. The van der Waals surface area contributed by atoms with E-state index < -0.39 is 5.79 Å². The first-order chi connectivity index (χ1) is 14.5. The Morgan fingerprint density at radius 1 is 1.10 bits per heavy atom. The summed E-state index contributed by atoms with van der Waals surface area (Å²) in [5.41, 5.74) is 2.66. The van der Waals surface area contributed by atoms with Crippen LogP contribution in [0.1, 0.15) is 56.2 Å². The van der Waals surface area contributed by atoms with Gasteiger partial charge in [-0.05, 0) is 42.2 Å². The van der Waals surface area contributed by atoms with Crippen molar-refractivity contribution in [2.45, 2.75) is 50.9 Å². The Morgan fingerprint density at radius 2 is 1.87 bits per heavy atom. The highest BCUT2D eigenvalue weighted by Gasteiger charge is 2.44. The lowest BCUT2D eigenvalue weighted by atomic mass is 9.93. The van der Waals surface area contributed by atoms with E-state index in [4.69, 9.17) is 9.47 Å². The van der Waals surface area contributed by atoms with Crippen molar-refractivity contribution in [2.75, 3.05) is 5.32 Å². The van der Waals surface area contributed by atoms with Gasteiger partial charge in [0.05, 0.1) is 12.5 Å². The van der Waals surface area contributed by atoms with Crippen molar-refractivity contribution in [1.82, 2.24) is 4.90 Å². The van der Waals surface area contributed by atoms with Crippen LogP contribution in [-0.4, -0.2) is 22.5 Å². The van der Waals surface area contributed by atoms with E-state index in [-0.39, 0.29) is 24.3 Å². The number of ether oxygens (including phenoxy) is 2. The van der Waals surface area contributed by atoms with Gasteiger partial charge in [-0.3, -0.25) is 9.59 Å². The zero-order valence-corrected chi connectivity index (χ0v) is 16.9. The molecule has 0 bridgehead atoms. The summed E-state index contributed by atoms with van der Waals surface area (Å²) in [7, 11) is 0. The minimum absolute atomic E-state index is 0.0940. The number of fused-ring (bicyclic) bond motifs is 2. The first kappa shape index (κ1) is 18.7. The van der Waals surface area contributed by atoms with Crippen molar-refractivity contribution in [3.8, 4) is 11.5 Å². The van der Waals surface area contributed by atoms with Crippen LogP contribution in [0.4, 0.5) is 5.69 Å². The molecule has 1 spiro atoms. The van der Waals surface area contributed by atoms with E-state index in [1.807, 2.05) is 48.5 Å². The lowest BCUT2D eigenvalue weighted by Gasteiger charge is -2.32. The number of carbonyl (C=O) groups is 2. The van der Waals surface area contributed by atoms with E-state index in [0.717, 1.165) is 42.6 Å². The largest absolute Gasteiger partial charge is 0.448 e. The van der Waals surface area contributed by atoms with Crippen LogP contribution in [0.3, 0.4) is 0 Å². The normalized spacial score (nSPS) is 20.3. The number of hydrogen-bond donors (Lipinski definition) is 1. The monoisotopic (exact) mass is 404 g/mol. The quantitative estimate of drug-likeness (QED) is 0.810. The average molecular weight is 404 g/mol. The number of amides is 2. The van der Waals surface area contributed by atoms with Gasteiger partial charge < -0.3 is 19.7 Å². The highest BCUT2D eigenvalue weighted by molar-refractivity contribution is 5.92. The molecule has 3 aliphatic rings. The van der Waals surface area contributed by atoms with E-state index in [2.05, 4.69) is 5.32 Å². The summed E-state index contributed by atoms with van der Waals surface area (Å²) in [6.07, 6.45) is 7.80. The molecule has 30 heavy (non-hydrogen) atoms. The SMILES string of the molecule is CC(=O)N1C=Cc2ccccc2C1CC(=O)Nc1ccc2c(c1)OC1(CCCC1)O2. The number of rotatable bonds is 3. The summed E-state index contributed by atoms with van der Waals surface area (Å²) in [6, 6.07) is 13.0. The molecule has 0 aromatic heterocycles. The number of anilines is 1. The summed E-state index contributed by atoms with van der Waals surface area (Å²) in [6.45, 7) is 1.51. The van der Waals surface area contributed by atoms with E-state index in [1.54, 1.807) is 11.1 Å². The van der Waals surface area contributed by atoms with Crippen LogP contribution in [0.25, 0.3) is 6.08 Å². The fraction of sp³-hybridized carbons (Fsp3) is 0.333. The van der Waals surface area contributed by atoms with Crippen molar-refractivity contribution in [2.24, 2.45) is 0 Å². The molecule has 6 heteroatoms. The minimum Gasteiger partial charge on any atom is -0.448 e. The maximum Gasteiger partial charge on any atom is 0.251 e. The maximum atomic E-state index is 12.9. The summed E-state index contributed by atoms with van der Waals surface area (Å²) < 4.78 is 12.1. The van der Waals surface area contributed by atoms with Gasteiger partial charge in [-0.15, -0.1) is 0 Å². The van der Waals surface area contributed by atoms with Crippen LogP contribution >= 0.6 is 0 Å². The Labute approximate surface area is 175 Å². The van der Waals surface area contributed by atoms with Gasteiger partial charge in [-0.1, -0.05) is 24.3 Å². The van der Waals surface area contributed by atoms with Crippen LogP contribution < -0.4 is 14.8 Å². The second kappa shape index (κ2) is 7.20. The van der Waals surface area contributed by atoms with Crippen LogP contribution in [0, 0.1) is 0 Å². The second-order valence-electron chi connectivity index (χ2n) is 8.12. The Balaban J connectivity index is 1.32. The van der Waals surface area contributed by atoms with Gasteiger partial charge in [0.2, 0.25) is 11.8 Å². The summed E-state index contributed by atoms with van der Waals surface area (Å²) in [4.78, 5) is 26.6. The average Bonchev–Trinajstić information content (AvgIpc) is 3.33. The molecule has 2 aliphatic heterocycles. The van der Waals surface area contributed by atoms with Gasteiger partial charge in [0, 0.05) is 37.7 Å². The molecule has 1 unspecified atom stereocenters. The predicted molar refractivity (Wildman–Crippen MR) is 113 cm³/mol. The van der Waals surface area contributed by atoms with Crippen molar-refractivity contribution < 1.29 is 19.1 Å². The van der Waals surface area contributed by atoms with E-state index in [1.165, 1.54) is 6.92 Å². The zero-order chi connectivity index (χ0) is 20.7. The molecule has 2 heterocycles. The molecule has 1 aliphatic carbocycles. The molecular weight excluding hydrogens is 380 g/mol. The van der Waals surface area contributed by atoms with Crippen LogP contribution in [-0.2, 0) is 9.59 Å². The number of carbonyl (C=O) groups excluding carboxylic acids is 2. The Kier molecular flexibility index (Phi) is 4.50. The molecule has 5 rings (SSSR count). The van der Waals surface area contributed by atoms with Crippen LogP contribution in [0.5, 0.6) is 11.5 Å². The van der Waals surface area contributed by atoms with Gasteiger partial charge in [0.1, 0.15) is 0 Å². The molecule has 1 fully saturated rings. The number of hydrogen-bond acceptors (Lipinski definition) is 4. The number of benzene rings is 2. The fourth-order valence-corrected chi connectivity index (χ4v) is 4.59. The van der Waals surface area contributed by atoms with E-state index >= 15 is 0 Å². The van der Waals surface area contributed by atoms with Crippen molar-refractivity contribution in [3.05, 3.63) is 59.8 Å². The van der Waals surface area contributed by atoms with Crippen LogP contribution in [0.2, 0.25) is 0 Å². The van der Waals surface area contributed by atoms with Gasteiger partial charge >= 0.3 is 0 Å². The predicted octanol–water partition coefficient (Wildman–Crippen LogP) is 4.63. The van der Waals surface area contributed by atoms with Crippen LogP contribution in [0.15, 0.2) is 48.7 Å². The van der Waals surface area contributed by atoms with E-state index in [0.29, 0.717) is 11.4 Å². The topological polar surface area (TPSA) is 67.9 Å². The third-order valence-electron chi connectivity index (χ3n) is 6.03. The van der Waals surface area contributed by atoms with Gasteiger partial charge in [0.15, 0.2) is 11.5 Å². The molecule has 2 aromatic rings. The highest BCUT2D eigenvalue weighted by atomic mass is 16.7. The first-order valence-electron chi connectivity index (χ1n) is 10.4. The molecule has 2 aromatic carbocycles.